The molecule has 0 aliphatic heterocycles. The number of ether oxygens (including phenoxy) is 2. The first-order valence-electron chi connectivity index (χ1n) is 4.49. The van der Waals surface area contributed by atoms with Crippen LogP contribution in [-0.4, -0.2) is 30.9 Å². The van der Waals surface area contributed by atoms with Gasteiger partial charge in [-0.05, 0) is 20.8 Å². The smallest absolute Gasteiger partial charge is 0.334 e. The number of carbonyl (C=O) groups excluding carboxylic acids is 3. The van der Waals surface area contributed by atoms with Gasteiger partial charge in [0.2, 0.25) is 0 Å². The maximum absolute atomic E-state index is 11.1. The zero-order valence-electron chi connectivity index (χ0n) is 9.03. The Balaban J connectivity index is 4.18. The molecule has 0 aromatic rings. The molecule has 0 radical (unpaired) electrons. The molecule has 0 rings (SSSR count). The van der Waals surface area contributed by atoms with Gasteiger partial charge in [0, 0.05) is 11.6 Å². The Labute approximate surface area is 88.0 Å². The molecule has 0 saturated heterocycles. The molecule has 84 valence electrons. The van der Waals surface area contributed by atoms with Crippen LogP contribution in [-0.2, 0) is 23.9 Å². The van der Waals surface area contributed by atoms with E-state index in [1.54, 1.807) is 6.92 Å². The van der Waals surface area contributed by atoms with Crippen LogP contribution in [0.5, 0.6) is 0 Å². The average Bonchev–Trinajstić information content (AvgIpc) is 2.14. The van der Waals surface area contributed by atoms with Crippen molar-refractivity contribution in [3.05, 3.63) is 11.6 Å². The lowest BCUT2D eigenvalue weighted by Gasteiger charge is -2.02. The van der Waals surface area contributed by atoms with E-state index < -0.39 is 11.9 Å². The molecule has 0 spiro atoms. The Bertz CT molecular complexity index is 290. The maximum Gasteiger partial charge on any atom is 0.334 e. The van der Waals surface area contributed by atoms with Gasteiger partial charge in [0.05, 0.1) is 6.61 Å². The van der Waals surface area contributed by atoms with Gasteiger partial charge in [-0.2, -0.15) is 0 Å². The zero-order chi connectivity index (χ0) is 11.8. The van der Waals surface area contributed by atoms with Crippen LogP contribution in [0.4, 0.5) is 0 Å². The Morgan fingerprint density at radius 3 is 2.20 bits per heavy atom. The summed E-state index contributed by atoms with van der Waals surface area (Å²) in [4.78, 5) is 32.6. The standard InChI is InChI=1S/C10H14O5/c1-4-14-9(12)5-7(2)10(13)15-6-8(3)11/h5H,4,6H2,1-3H3/b7-5-. The highest BCUT2D eigenvalue weighted by Gasteiger charge is 2.09. The molecule has 0 aliphatic rings. The molecule has 5 heteroatoms. The minimum Gasteiger partial charge on any atom is -0.463 e. The first-order valence-corrected chi connectivity index (χ1v) is 4.49. The molecular weight excluding hydrogens is 200 g/mol. The van der Waals surface area contributed by atoms with Gasteiger partial charge in [-0.15, -0.1) is 0 Å². The van der Waals surface area contributed by atoms with Crippen molar-refractivity contribution in [3.63, 3.8) is 0 Å². The van der Waals surface area contributed by atoms with Crippen LogP contribution in [0.2, 0.25) is 0 Å². The van der Waals surface area contributed by atoms with Gasteiger partial charge in [-0.1, -0.05) is 0 Å². The molecule has 0 aromatic heterocycles. The van der Waals surface area contributed by atoms with E-state index >= 15 is 0 Å². The Hall–Kier alpha value is -1.65. The average molecular weight is 214 g/mol. The number of carbonyl (C=O) groups is 3. The molecule has 0 amide bonds. The Morgan fingerprint density at radius 1 is 1.13 bits per heavy atom. The summed E-state index contributed by atoms with van der Waals surface area (Å²) in [6.07, 6.45) is 1.03. The third-order valence-electron chi connectivity index (χ3n) is 1.35. The summed E-state index contributed by atoms with van der Waals surface area (Å²) < 4.78 is 9.18. The molecule has 0 unspecified atom stereocenters. The number of rotatable bonds is 5. The zero-order valence-corrected chi connectivity index (χ0v) is 9.03. The van der Waals surface area contributed by atoms with Crippen LogP contribution < -0.4 is 0 Å². The molecular formula is C10H14O5. The topological polar surface area (TPSA) is 69.7 Å². The molecule has 0 aromatic carbocycles. The Morgan fingerprint density at radius 2 is 1.73 bits per heavy atom. The molecule has 15 heavy (non-hydrogen) atoms. The van der Waals surface area contributed by atoms with Crippen LogP contribution in [0.3, 0.4) is 0 Å². The lowest BCUT2D eigenvalue weighted by Crippen LogP contribution is -2.13. The number of hydrogen-bond acceptors (Lipinski definition) is 5. The van der Waals surface area contributed by atoms with Crippen LogP contribution >= 0.6 is 0 Å². The molecule has 0 atom stereocenters. The predicted molar refractivity (Wildman–Crippen MR) is 52.0 cm³/mol. The third kappa shape index (κ3) is 6.42. The minimum absolute atomic E-state index is 0.106. The van der Waals surface area contributed by atoms with E-state index in [4.69, 9.17) is 0 Å². The SMILES string of the molecule is CCOC(=O)/C=C(/C)C(=O)OCC(C)=O. The van der Waals surface area contributed by atoms with Crippen molar-refractivity contribution in [2.75, 3.05) is 13.2 Å². The highest BCUT2D eigenvalue weighted by atomic mass is 16.5. The summed E-state index contributed by atoms with van der Waals surface area (Å²) in [6, 6.07) is 0. The molecule has 0 N–H and O–H groups in total. The summed E-state index contributed by atoms with van der Waals surface area (Å²) in [6.45, 7) is 4.34. The van der Waals surface area contributed by atoms with Crippen molar-refractivity contribution < 1.29 is 23.9 Å². The van der Waals surface area contributed by atoms with Gasteiger partial charge < -0.3 is 9.47 Å². The second kappa shape index (κ2) is 6.75. The number of Topliss-reactive ketones (excluding diaryl/α,β-unsaturated/α-hetero) is 1. The van der Waals surface area contributed by atoms with Crippen LogP contribution in [0.15, 0.2) is 11.6 Å². The normalized spacial score (nSPS) is 10.7. The van der Waals surface area contributed by atoms with Crippen molar-refractivity contribution in [1.29, 1.82) is 0 Å². The summed E-state index contributed by atoms with van der Waals surface area (Å²) >= 11 is 0. The highest BCUT2D eigenvalue weighted by molar-refractivity contribution is 5.96. The van der Waals surface area contributed by atoms with E-state index in [9.17, 15) is 14.4 Å². The lowest BCUT2D eigenvalue weighted by atomic mass is 10.3. The van der Waals surface area contributed by atoms with E-state index in [1.165, 1.54) is 13.8 Å². The molecule has 0 aliphatic carbocycles. The molecule has 5 nitrogen and oxygen atoms in total. The monoisotopic (exact) mass is 214 g/mol. The molecule has 0 saturated carbocycles. The van der Waals surface area contributed by atoms with Gasteiger partial charge in [-0.25, -0.2) is 9.59 Å². The van der Waals surface area contributed by atoms with Gasteiger partial charge in [-0.3, -0.25) is 4.79 Å². The van der Waals surface area contributed by atoms with Gasteiger partial charge >= 0.3 is 11.9 Å². The van der Waals surface area contributed by atoms with E-state index in [-0.39, 0.29) is 24.6 Å². The second-order valence-electron chi connectivity index (χ2n) is 2.86. The van der Waals surface area contributed by atoms with Gasteiger partial charge in [0.15, 0.2) is 5.78 Å². The van der Waals surface area contributed by atoms with Crippen molar-refractivity contribution in [2.24, 2.45) is 0 Å². The summed E-state index contributed by atoms with van der Waals surface area (Å²) in [7, 11) is 0. The minimum atomic E-state index is -0.696. The van der Waals surface area contributed by atoms with Crippen molar-refractivity contribution in [1.82, 2.24) is 0 Å². The molecule has 0 heterocycles. The Kier molecular flexibility index (Phi) is 6.01. The highest BCUT2D eigenvalue weighted by Crippen LogP contribution is 1.97. The van der Waals surface area contributed by atoms with E-state index in [0.717, 1.165) is 6.08 Å². The van der Waals surface area contributed by atoms with Crippen LogP contribution in [0, 0.1) is 0 Å². The van der Waals surface area contributed by atoms with Crippen LogP contribution in [0.25, 0.3) is 0 Å². The number of esters is 2. The van der Waals surface area contributed by atoms with E-state index in [1.807, 2.05) is 0 Å². The van der Waals surface area contributed by atoms with E-state index in [0.29, 0.717) is 0 Å². The van der Waals surface area contributed by atoms with Crippen molar-refractivity contribution in [2.45, 2.75) is 20.8 Å². The van der Waals surface area contributed by atoms with Gasteiger partial charge in [0.25, 0.3) is 0 Å². The van der Waals surface area contributed by atoms with Gasteiger partial charge in [0.1, 0.15) is 6.61 Å². The van der Waals surface area contributed by atoms with E-state index in [2.05, 4.69) is 9.47 Å². The first kappa shape index (κ1) is 13.4. The molecule has 0 fully saturated rings. The second-order valence-corrected chi connectivity index (χ2v) is 2.86. The number of ketones is 1. The summed E-state index contributed by atoms with van der Waals surface area (Å²) in [5, 5.41) is 0. The summed E-state index contributed by atoms with van der Waals surface area (Å²) in [5.41, 5.74) is 0.106. The maximum atomic E-state index is 11.1. The molecule has 0 bridgehead atoms. The van der Waals surface area contributed by atoms with Crippen LogP contribution in [0.1, 0.15) is 20.8 Å². The van der Waals surface area contributed by atoms with Crippen molar-refractivity contribution >= 4 is 17.7 Å². The largest absolute Gasteiger partial charge is 0.463 e. The quantitative estimate of drug-likeness (QED) is 0.496. The van der Waals surface area contributed by atoms with Crippen molar-refractivity contribution in [3.8, 4) is 0 Å². The summed E-state index contributed by atoms with van der Waals surface area (Å²) in [5.74, 6) is -1.56. The third-order valence-corrected chi connectivity index (χ3v) is 1.35. The fourth-order valence-electron chi connectivity index (χ4n) is 0.701. The first-order chi connectivity index (χ1) is 6.97. The number of hydrogen-bond donors (Lipinski definition) is 0. The fraction of sp³-hybridized carbons (Fsp3) is 0.500. The fourth-order valence-corrected chi connectivity index (χ4v) is 0.701. The predicted octanol–water partition coefficient (Wildman–Crippen LogP) is 0.628. The lowest BCUT2D eigenvalue weighted by molar-refractivity contribution is -0.144.